The Hall–Kier alpha value is -0.790. The summed E-state index contributed by atoms with van der Waals surface area (Å²) < 4.78 is 0. The molecular weight excluding hydrogens is 162 g/mol. The molecule has 74 valence electrons. The van der Waals surface area contributed by atoms with E-state index in [2.05, 4.69) is 20.4 Å². The van der Waals surface area contributed by atoms with Crippen molar-refractivity contribution in [2.45, 2.75) is 27.2 Å². The van der Waals surface area contributed by atoms with E-state index >= 15 is 0 Å². The molecule has 13 heavy (non-hydrogen) atoms. The molecule has 0 bridgehead atoms. The summed E-state index contributed by atoms with van der Waals surface area (Å²) in [5.74, 6) is 1.39. The Balaban J connectivity index is 2.60. The van der Waals surface area contributed by atoms with E-state index in [0.29, 0.717) is 17.4 Å². The smallest absolute Gasteiger partial charge is 0.248 e. The second-order valence-corrected chi connectivity index (χ2v) is 4.44. The van der Waals surface area contributed by atoms with Crippen LogP contribution in [0, 0.1) is 11.8 Å². The summed E-state index contributed by atoms with van der Waals surface area (Å²) in [4.78, 5) is 13.5. The van der Waals surface area contributed by atoms with E-state index in [1.807, 2.05) is 4.90 Å². The average molecular weight is 181 g/mol. The first kappa shape index (κ1) is 10.3. The van der Waals surface area contributed by atoms with Crippen molar-refractivity contribution in [2.24, 2.45) is 11.8 Å². The van der Waals surface area contributed by atoms with Crippen LogP contribution in [0.4, 0.5) is 0 Å². The molecule has 1 rings (SSSR count). The molecule has 0 saturated carbocycles. The Morgan fingerprint density at radius 3 is 2.15 bits per heavy atom. The number of amides is 1. The first-order valence-electron chi connectivity index (χ1n) is 4.95. The van der Waals surface area contributed by atoms with Gasteiger partial charge in [0, 0.05) is 18.7 Å². The van der Waals surface area contributed by atoms with E-state index in [1.54, 1.807) is 6.92 Å². The summed E-state index contributed by atoms with van der Waals surface area (Å²) in [5.41, 5.74) is 0.654. The molecule has 0 aromatic rings. The van der Waals surface area contributed by atoms with Crippen molar-refractivity contribution in [3.05, 3.63) is 12.2 Å². The molecule has 1 heterocycles. The number of likely N-dealkylation sites (tertiary alicyclic amines) is 1. The van der Waals surface area contributed by atoms with Gasteiger partial charge in [0.25, 0.3) is 0 Å². The fourth-order valence-electron chi connectivity index (χ4n) is 2.10. The minimum Gasteiger partial charge on any atom is -0.338 e. The van der Waals surface area contributed by atoms with Crippen LogP contribution in [0.25, 0.3) is 0 Å². The standard InChI is InChI=1S/C11H19NO/c1-8(2)11(13)12-6-9(3)5-10(4)7-12/h9-10H,1,5-7H2,2-4H3. The van der Waals surface area contributed by atoms with E-state index < -0.39 is 0 Å². The van der Waals surface area contributed by atoms with Gasteiger partial charge < -0.3 is 4.90 Å². The topological polar surface area (TPSA) is 20.3 Å². The van der Waals surface area contributed by atoms with Crippen molar-refractivity contribution < 1.29 is 4.79 Å². The summed E-state index contributed by atoms with van der Waals surface area (Å²) >= 11 is 0. The summed E-state index contributed by atoms with van der Waals surface area (Å²) in [6.07, 6.45) is 1.24. The van der Waals surface area contributed by atoms with Crippen LogP contribution in [0.2, 0.25) is 0 Å². The van der Waals surface area contributed by atoms with Gasteiger partial charge in [0.2, 0.25) is 5.91 Å². The molecule has 0 radical (unpaired) electrons. The van der Waals surface area contributed by atoms with Crippen molar-refractivity contribution >= 4 is 5.91 Å². The number of nitrogens with zero attached hydrogens (tertiary/aromatic N) is 1. The molecule has 2 unspecified atom stereocenters. The summed E-state index contributed by atoms with van der Waals surface area (Å²) in [6, 6.07) is 0. The number of carbonyl (C=O) groups excluding carboxylic acids is 1. The molecule has 0 aromatic heterocycles. The zero-order valence-corrected chi connectivity index (χ0v) is 8.84. The van der Waals surface area contributed by atoms with Crippen molar-refractivity contribution in [3.8, 4) is 0 Å². The summed E-state index contributed by atoms with van der Waals surface area (Å²) in [6.45, 7) is 11.7. The third-order valence-corrected chi connectivity index (χ3v) is 2.52. The summed E-state index contributed by atoms with van der Waals surface area (Å²) in [7, 11) is 0. The third kappa shape index (κ3) is 2.58. The van der Waals surface area contributed by atoms with Crippen LogP contribution in [-0.2, 0) is 4.79 Å². The Labute approximate surface area is 80.6 Å². The molecular formula is C11H19NO. The van der Waals surface area contributed by atoms with Gasteiger partial charge in [-0.05, 0) is 25.2 Å². The minimum absolute atomic E-state index is 0.124. The third-order valence-electron chi connectivity index (χ3n) is 2.52. The highest BCUT2D eigenvalue weighted by Crippen LogP contribution is 2.21. The average Bonchev–Trinajstić information content (AvgIpc) is 2.01. The van der Waals surface area contributed by atoms with Crippen molar-refractivity contribution in [3.63, 3.8) is 0 Å². The lowest BCUT2D eigenvalue weighted by Gasteiger charge is -2.35. The molecule has 1 aliphatic rings. The number of piperidine rings is 1. The van der Waals surface area contributed by atoms with Gasteiger partial charge in [-0.3, -0.25) is 4.79 Å². The van der Waals surface area contributed by atoms with Gasteiger partial charge in [-0.1, -0.05) is 20.4 Å². The lowest BCUT2D eigenvalue weighted by atomic mass is 9.91. The van der Waals surface area contributed by atoms with Crippen LogP contribution in [0.5, 0.6) is 0 Å². The van der Waals surface area contributed by atoms with Crippen LogP contribution < -0.4 is 0 Å². The Kier molecular flexibility index (Phi) is 3.12. The molecule has 1 saturated heterocycles. The van der Waals surface area contributed by atoms with E-state index in [4.69, 9.17) is 0 Å². The highest BCUT2D eigenvalue weighted by molar-refractivity contribution is 5.92. The minimum atomic E-state index is 0.124. The van der Waals surface area contributed by atoms with Gasteiger partial charge >= 0.3 is 0 Å². The lowest BCUT2D eigenvalue weighted by Crippen LogP contribution is -2.42. The zero-order chi connectivity index (χ0) is 10.0. The molecule has 1 aliphatic heterocycles. The Bertz CT molecular complexity index is 212. The van der Waals surface area contributed by atoms with Crippen LogP contribution in [0.1, 0.15) is 27.2 Å². The van der Waals surface area contributed by atoms with Crippen LogP contribution >= 0.6 is 0 Å². The number of carbonyl (C=O) groups is 1. The van der Waals surface area contributed by atoms with E-state index in [0.717, 1.165) is 13.1 Å². The molecule has 0 aliphatic carbocycles. The molecule has 1 fully saturated rings. The maximum Gasteiger partial charge on any atom is 0.248 e. The van der Waals surface area contributed by atoms with E-state index in [-0.39, 0.29) is 5.91 Å². The normalized spacial score (nSPS) is 28.7. The monoisotopic (exact) mass is 181 g/mol. The van der Waals surface area contributed by atoms with Gasteiger partial charge in [-0.25, -0.2) is 0 Å². The molecule has 2 atom stereocenters. The van der Waals surface area contributed by atoms with Crippen molar-refractivity contribution in [1.82, 2.24) is 4.90 Å². The number of hydrogen-bond donors (Lipinski definition) is 0. The Morgan fingerprint density at radius 1 is 1.31 bits per heavy atom. The SMILES string of the molecule is C=C(C)C(=O)N1CC(C)CC(C)C1. The second kappa shape index (κ2) is 3.95. The molecule has 0 aromatic carbocycles. The fraction of sp³-hybridized carbons (Fsp3) is 0.727. The van der Waals surface area contributed by atoms with Gasteiger partial charge in [0.15, 0.2) is 0 Å². The maximum atomic E-state index is 11.6. The second-order valence-electron chi connectivity index (χ2n) is 4.44. The predicted octanol–water partition coefficient (Wildman–Crippen LogP) is 2.07. The van der Waals surface area contributed by atoms with Crippen molar-refractivity contribution in [2.75, 3.05) is 13.1 Å². The van der Waals surface area contributed by atoms with Gasteiger partial charge in [0.1, 0.15) is 0 Å². The lowest BCUT2D eigenvalue weighted by molar-refractivity contribution is -0.129. The zero-order valence-electron chi connectivity index (χ0n) is 8.84. The fourth-order valence-corrected chi connectivity index (χ4v) is 2.10. The van der Waals surface area contributed by atoms with Gasteiger partial charge in [-0.15, -0.1) is 0 Å². The molecule has 2 heteroatoms. The predicted molar refractivity (Wildman–Crippen MR) is 54.3 cm³/mol. The quantitative estimate of drug-likeness (QED) is 0.567. The molecule has 2 nitrogen and oxygen atoms in total. The van der Waals surface area contributed by atoms with Gasteiger partial charge in [0.05, 0.1) is 0 Å². The maximum absolute atomic E-state index is 11.6. The first-order chi connectivity index (χ1) is 6.00. The Morgan fingerprint density at radius 2 is 1.77 bits per heavy atom. The van der Waals surface area contributed by atoms with Crippen molar-refractivity contribution in [1.29, 1.82) is 0 Å². The largest absolute Gasteiger partial charge is 0.338 e. The van der Waals surface area contributed by atoms with Crippen LogP contribution in [0.15, 0.2) is 12.2 Å². The van der Waals surface area contributed by atoms with E-state index in [1.165, 1.54) is 6.42 Å². The highest BCUT2D eigenvalue weighted by Gasteiger charge is 2.25. The first-order valence-corrected chi connectivity index (χ1v) is 4.95. The molecule has 0 N–H and O–H groups in total. The molecule has 0 spiro atoms. The summed E-state index contributed by atoms with van der Waals surface area (Å²) in [5, 5.41) is 0. The number of hydrogen-bond acceptors (Lipinski definition) is 1. The van der Waals surface area contributed by atoms with E-state index in [9.17, 15) is 4.79 Å². The highest BCUT2D eigenvalue weighted by atomic mass is 16.2. The molecule has 1 amide bonds. The van der Waals surface area contributed by atoms with Gasteiger partial charge in [-0.2, -0.15) is 0 Å². The number of rotatable bonds is 1. The van der Waals surface area contributed by atoms with Crippen LogP contribution in [-0.4, -0.2) is 23.9 Å². The van der Waals surface area contributed by atoms with Crippen LogP contribution in [0.3, 0.4) is 0 Å².